The lowest BCUT2D eigenvalue weighted by molar-refractivity contribution is -0.128. The highest BCUT2D eigenvalue weighted by Gasteiger charge is 2.38. The molecule has 0 saturated heterocycles. The van der Waals surface area contributed by atoms with Gasteiger partial charge in [0, 0.05) is 41.7 Å². The summed E-state index contributed by atoms with van der Waals surface area (Å²) < 4.78 is 40.8. The number of hydrogen-bond acceptors (Lipinski definition) is 2. The van der Waals surface area contributed by atoms with Crippen LogP contribution in [-0.2, 0) is 11.3 Å². The van der Waals surface area contributed by atoms with E-state index in [4.69, 9.17) is 0 Å². The van der Waals surface area contributed by atoms with E-state index in [2.05, 4.69) is 41.4 Å². The van der Waals surface area contributed by atoms with E-state index in [1.54, 1.807) is 0 Å². The quantitative estimate of drug-likeness (QED) is 0.566. The highest BCUT2D eigenvalue weighted by Crippen LogP contribution is 2.37. The Balaban J connectivity index is 1.40. The van der Waals surface area contributed by atoms with E-state index in [-0.39, 0.29) is 24.4 Å². The van der Waals surface area contributed by atoms with Crippen LogP contribution in [0, 0.1) is 23.4 Å². The van der Waals surface area contributed by atoms with Gasteiger partial charge in [-0.15, -0.1) is 0 Å². The third kappa shape index (κ3) is 3.74. The summed E-state index contributed by atoms with van der Waals surface area (Å²) >= 11 is 0. The van der Waals surface area contributed by atoms with Crippen molar-refractivity contribution in [2.24, 2.45) is 5.92 Å². The number of hydrogen-bond donors (Lipinski definition) is 1. The average molecular weight is 412 g/mol. The van der Waals surface area contributed by atoms with Gasteiger partial charge in [0.25, 0.3) is 0 Å². The van der Waals surface area contributed by atoms with Gasteiger partial charge in [-0.1, -0.05) is 36.4 Å². The SMILES string of the molecule is CCN(c1cccc2ccccc12)C1CC(C(=O)NCc2c(F)ccc(F)c2F)C1. The van der Waals surface area contributed by atoms with Gasteiger partial charge in [0.05, 0.1) is 0 Å². The summed E-state index contributed by atoms with van der Waals surface area (Å²) in [6, 6.07) is 16.2. The predicted molar refractivity (Wildman–Crippen MR) is 112 cm³/mol. The number of benzene rings is 3. The Kier molecular flexibility index (Phi) is 5.66. The summed E-state index contributed by atoms with van der Waals surface area (Å²) in [6.45, 7) is 2.54. The number of rotatable bonds is 6. The molecular formula is C24H23F3N2O. The molecular weight excluding hydrogens is 389 g/mol. The zero-order valence-corrected chi connectivity index (χ0v) is 16.7. The smallest absolute Gasteiger partial charge is 0.223 e. The van der Waals surface area contributed by atoms with Crippen LogP contribution in [0.15, 0.2) is 54.6 Å². The monoisotopic (exact) mass is 412 g/mol. The fourth-order valence-corrected chi connectivity index (χ4v) is 4.19. The van der Waals surface area contributed by atoms with Gasteiger partial charge < -0.3 is 10.2 Å². The molecule has 0 spiro atoms. The van der Waals surface area contributed by atoms with E-state index in [9.17, 15) is 18.0 Å². The first kappa shape index (κ1) is 20.3. The summed E-state index contributed by atoms with van der Waals surface area (Å²) in [4.78, 5) is 14.7. The second-order valence-electron chi connectivity index (χ2n) is 7.65. The van der Waals surface area contributed by atoms with E-state index in [1.807, 2.05) is 18.2 Å². The number of fused-ring (bicyclic) bond motifs is 1. The maximum Gasteiger partial charge on any atom is 0.223 e. The standard InChI is InChI=1S/C24H23F3N2O/c1-2-29(22-9-5-7-15-6-3-4-8-18(15)22)17-12-16(13-17)24(30)28-14-19-20(25)10-11-21(26)23(19)27/h3-11,16-17H,2,12-14H2,1H3,(H,28,30). The Bertz CT molecular complexity index is 1070. The molecule has 6 heteroatoms. The Labute approximate surface area is 173 Å². The normalized spacial score (nSPS) is 18.1. The van der Waals surface area contributed by atoms with Crippen molar-refractivity contribution in [2.75, 3.05) is 11.4 Å². The minimum Gasteiger partial charge on any atom is -0.368 e. The molecule has 3 aromatic carbocycles. The van der Waals surface area contributed by atoms with Crippen molar-refractivity contribution in [3.05, 3.63) is 77.6 Å². The highest BCUT2D eigenvalue weighted by atomic mass is 19.2. The average Bonchev–Trinajstić information content (AvgIpc) is 2.72. The minimum absolute atomic E-state index is 0.221. The Morgan fingerprint density at radius 1 is 1.00 bits per heavy atom. The Hall–Kier alpha value is -3.02. The van der Waals surface area contributed by atoms with Crippen LogP contribution < -0.4 is 10.2 Å². The number of nitrogens with zero attached hydrogens (tertiary/aromatic N) is 1. The van der Waals surface area contributed by atoms with Crippen molar-refractivity contribution in [3.63, 3.8) is 0 Å². The van der Waals surface area contributed by atoms with Crippen molar-refractivity contribution in [3.8, 4) is 0 Å². The molecule has 0 aliphatic heterocycles. The number of halogens is 3. The lowest BCUT2D eigenvalue weighted by Gasteiger charge is -2.43. The molecule has 1 saturated carbocycles. The van der Waals surface area contributed by atoms with Crippen molar-refractivity contribution < 1.29 is 18.0 Å². The van der Waals surface area contributed by atoms with Crippen LogP contribution in [0.2, 0.25) is 0 Å². The number of amides is 1. The molecule has 0 bridgehead atoms. The van der Waals surface area contributed by atoms with Crippen LogP contribution in [0.4, 0.5) is 18.9 Å². The van der Waals surface area contributed by atoms with Gasteiger partial charge in [0.2, 0.25) is 5.91 Å². The molecule has 4 rings (SSSR count). The predicted octanol–water partition coefficient (Wildman–Crippen LogP) is 5.18. The summed E-state index contributed by atoms with van der Waals surface area (Å²) in [6.07, 6.45) is 1.33. The van der Waals surface area contributed by atoms with Crippen LogP contribution in [-0.4, -0.2) is 18.5 Å². The number of anilines is 1. The van der Waals surface area contributed by atoms with Crippen LogP contribution in [0.5, 0.6) is 0 Å². The molecule has 3 nitrogen and oxygen atoms in total. The number of carbonyl (C=O) groups is 1. The zero-order valence-electron chi connectivity index (χ0n) is 16.7. The van der Waals surface area contributed by atoms with E-state index in [0.29, 0.717) is 12.8 Å². The first-order valence-electron chi connectivity index (χ1n) is 10.1. The third-order valence-corrected chi connectivity index (χ3v) is 5.92. The summed E-state index contributed by atoms with van der Waals surface area (Å²) in [5.74, 6) is -3.73. The van der Waals surface area contributed by atoms with E-state index in [1.165, 1.54) is 10.8 Å². The molecule has 30 heavy (non-hydrogen) atoms. The van der Waals surface area contributed by atoms with Crippen LogP contribution in [0.3, 0.4) is 0 Å². The largest absolute Gasteiger partial charge is 0.368 e. The van der Waals surface area contributed by atoms with Gasteiger partial charge in [-0.2, -0.15) is 0 Å². The van der Waals surface area contributed by atoms with Crippen LogP contribution in [0.1, 0.15) is 25.3 Å². The molecule has 3 aromatic rings. The maximum absolute atomic E-state index is 13.8. The second kappa shape index (κ2) is 8.38. The Morgan fingerprint density at radius 3 is 2.47 bits per heavy atom. The molecule has 1 fully saturated rings. The van der Waals surface area contributed by atoms with Crippen LogP contribution in [0.25, 0.3) is 10.8 Å². The molecule has 1 N–H and O–H groups in total. The van der Waals surface area contributed by atoms with Crippen molar-refractivity contribution in [1.82, 2.24) is 5.32 Å². The van der Waals surface area contributed by atoms with Crippen molar-refractivity contribution in [1.29, 1.82) is 0 Å². The summed E-state index contributed by atoms with van der Waals surface area (Å²) in [5.41, 5.74) is 0.688. The van der Waals surface area contributed by atoms with Gasteiger partial charge in [-0.3, -0.25) is 4.79 Å². The first-order valence-corrected chi connectivity index (χ1v) is 10.1. The molecule has 0 atom stereocenters. The molecule has 0 heterocycles. The Morgan fingerprint density at radius 2 is 1.70 bits per heavy atom. The molecule has 1 aliphatic carbocycles. The van der Waals surface area contributed by atoms with Gasteiger partial charge >= 0.3 is 0 Å². The summed E-state index contributed by atoms with van der Waals surface area (Å²) in [5, 5.41) is 4.89. The highest BCUT2D eigenvalue weighted by molar-refractivity contribution is 5.94. The van der Waals surface area contributed by atoms with Gasteiger partial charge in [-0.25, -0.2) is 13.2 Å². The molecule has 0 unspecified atom stereocenters. The van der Waals surface area contributed by atoms with E-state index in [0.717, 1.165) is 24.4 Å². The lowest BCUT2D eigenvalue weighted by atomic mass is 9.78. The van der Waals surface area contributed by atoms with E-state index < -0.39 is 23.0 Å². The van der Waals surface area contributed by atoms with Gasteiger partial charge in [0.1, 0.15) is 5.82 Å². The topological polar surface area (TPSA) is 32.3 Å². The third-order valence-electron chi connectivity index (χ3n) is 5.92. The number of nitrogens with one attached hydrogen (secondary N) is 1. The second-order valence-corrected chi connectivity index (χ2v) is 7.65. The lowest BCUT2D eigenvalue weighted by Crippen LogP contribution is -2.49. The minimum atomic E-state index is -1.25. The van der Waals surface area contributed by atoms with Crippen molar-refractivity contribution in [2.45, 2.75) is 32.4 Å². The van der Waals surface area contributed by atoms with Gasteiger partial charge in [-0.05, 0) is 43.4 Å². The molecule has 0 radical (unpaired) electrons. The van der Waals surface area contributed by atoms with E-state index >= 15 is 0 Å². The molecule has 0 aromatic heterocycles. The first-order chi connectivity index (χ1) is 14.5. The molecule has 1 aliphatic rings. The fraction of sp³-hybridized carbons (Fsp3) is 0.292. The maximum atomic E-state index is 13.8. The zero-order chi connectivity index (χ0) is 21.3. The van der Waals surface area contributed by atoms with Crippen LogP contribution >= 0.6 is 0 Å². The molecule has 156 valence electrons. The number of carbonyl (C=O) groups excluding carboxylic acids is 1. The molecule has 1 amide bonds. The van der Waals surface area contributed by atoms with Crippen molar-refractivity contribution >= 4 is 22.4 Å². The van der Waals surface area contributed by atoms with Gasteiger partial charge in [0.15, 0.2) is 11.6 Å². The fourth-order valence-electron chi connectivity index (χ4n) is 4.19. The summed E-state index contributed by atoms with van der Waals surface area (Å²) in [7, 11) is 0.